The van der Waals surface area contributed by atoms with Crippen molar-refractivity contribution >= 4 is 16.9 Å². The lowest BCUT2D eigenvalue weighted by Gasteiger charge is -2.14. The number of pyridine rings is 1. The Morgan fingerprint density at radius 3 is 2.72 bits per heavy atom. The normalized spacial score (nSPS) is 11.2. The molecule has 0 aliphatic heterocycles. The summed E-state index contributed by atoms with van der Waals surface area (Å²) in [6, 6.07) is 1.59. The lowest BCUT2D eigenvalue weighted by atomic mass is 10.0. The molecule has 2 aromatic rings. The average Bonchev–Trinajstić information content (AvgIpc) is 2.57. The van der Waals surface area contributed by atoms with Gasteiger partial charge < -0.3 is 10.4 Å². The van der Waals surface area contributed by atoms with Crippen LogP contribution in [-0.2, 0) is 6.54 Å². The van der Waals surface area contributed by atoms with E-state index >= 15 is 0 Å². The number of hydrogen-bond donors (Lipinski definition) is 3. The van der Waals surface area contributed by atoms with Crippen molar-refractivity contribution in [2.75, 3.05) is 13.2 Å². The Labute approximate surface area is 144 Å². The van der Waals surface area contributed by atoms with Crippen LogP contribution in [0.5, 0.6) is 0 Å². The molecule has 0 atom stereocenters. The highest BCUT2D eigenvalue weighted by Gasteiger charge is 2.20. The Hall–Kier alpha value is -2.48. The van der Waals surface area contributed by atoms with Crippen molar-refractivity contribution in [3.05, 3.63) is 38.2 Å². The lowest BCUT2D eigenvalue weighted by molar-refractivity contribution is 0.0952. The van der Waals surface area contributed by atoms with E-state index in [0.717, 1.165) is 0 Å². The number of nitrogens with zero attached hydrogens (tertiary/aromatic N) is 2. The summed E-state index contributed by atoms with van der Waals surface area (Å²) < 4.78 is 1.40. The SMILES string of the molecule is CCCn1c(=O)[nH]c(=O)c2c(C(=O)NCCCO)cc(C(C)C)nc21. The Balaban J connectivity index is 2.75. The van der Waals surface area contributed by atoms with Gasteiger partial charge in [0.15, 0.2) is 5.65 Å². The van der Waals surface area contributed by atoms with Gasteiger partial charge in [0.2, 0.25) is 0 Å². The highest BCUT2D eigenvalue weighted by molar-refractivity contribution is 6.05. The number of hydrogen-bond acceptors (Lipinski definition) is 5. The van der Waals surface area contributed by atoms with Gasteiger partial charge in [0.05, 0.1) is 10.9 Å². The van der Waals surface area contributed by atoms with E-state index in [-0.39, 0.29) is 29.1 Å². The zero-order valence-corrected chi connectivity index (χ0v) is 14.8. The summed E-state index contributed by atoms with van der Waals surface area (Å²) in [4.78, 5) is 43.8. The lowest BCUT2D eigenvalue weighted by Crippen LogP contribution is -2.34. The van der Waals surface area contributed by atoms with Crippen molar-refractivity contribution < 1.29 is 9.90 Å². The molecule has 0 aliphatic carbocycles. The van der Waals surface area contributed by atoms with Crippen molar-refractivity contribution in [3.8, 4) is 0 Å². The quantitative estimate of drug-likeness (QED) is 0.638. The maximum absolute atomic E-state index is 12.6. The van der Waals surface area contributed by atoms with Crippen LogP contribution in [0.3, 0.4) is 0 Å². The molecule has 1 amide bonds. The van der Waals surface area contributed by atoms with Crippen LogP contribution in [0.2, 0.25) is 0 Å². The largest absolute Gasteiger partial charge is 0.396 e. The number of nitrogens with one attached hydrogen (secondary N) is 2. The first kappa shape index (κ1) is 18.9. The molecule has 136 valence electrons. The molecule has 25 heavy (non-hydrogen) atoms. The molecule has 8 heteroatoms. The van der Waals surface area contributed by atoms with Crippen LogP contribution in [0.4, 0.5) is 0 Å². The predicted octanol–water partition coefficient (Wildman–Crippen LogP) is 0.730. The van der Waals surface area contributed by atoms with Gasteiger partial charge in [0, 0.05) is 25.4 Å². The minimum atomic E-state index is -0.623. The highest BCUT2D eigenvalue weighted by Crippen LogP contribution is 2.19. The molecule has 0 saturated carbocycles. The number of carbonyl (C=O) groups excluding carboxylic acids is 1. The predicted molar refractivity (Wildman–Crippen MR) is 95.0 cm³/mol. The van der Waals surface area contributed by atoms with E-state index in [1.807, 2.05) is 20.8 Å². The minimum Gasteiger partial charge on any atom is -0.396 e. The first-order chi connectivity index (χ1) is 11.9. The van der Waals surface area contributed by atoms with Crippen molar-refractivity contribution in [2.24, 2.45) is 0 Å². The number of H-pyrrole nitrogens is 1. The molecule has 0 spiro atoms. The first-order valence-corrected chi connectivity index (χ1v) is 8.47. The maximum Gasteiger partial charge on any atom is 0.329 e. The molecular weight excluding hydrogens is 324 g/mol. The van der Waals surface area contributed by atoms with Crippen LogP contribution in [0.1, 0.15) is 55.6 Å². The van der Waals surface area contributed by atoms with Gasteiger partial charge in [-0.15, -0.1) is 0 Å². The summed E-state index contributed by atoms with van der Waals surface area (Å²) in [7, 11) is 0. The van der Waals surface area contributed by atoms with Gasteiger partial charge in [-0.25, -0.2) is 9.78 Å². The average molecular weight is 348 g/mol. The highest BCUT2D eigenvalue weighted by atomic mass is 16.3. The smallest absolute Gasteiger partial charge is 0.329 e. The van der Waals surface area contributed by atoms with Crippen LogP contribution >= 0.6 is 0 Å². The number of aliphatic hydroxyl groups is 1. The number of amides is 1. The topological polar surface area (TPSA) is 117 Å². The number of rotatable bonds is 7. The summed E-state index contributed by atoms with van der Waals surface area (Å²) in [5.41, 5.74) is -0.0941. The Kier molecular flexibility index (Phi) is 6.08. The summed E-state index contributed by atoms with van der Waals surface area (Å²) in [6.07, 6.45) is 1.11. The van der Waals surface area contributed by atoms with Crippen LogP contribution in [0, 0.1) is 0 Å². The third-order valence-electron chi connectivity index (χ3n) is 3.87. The molecule has 0 saturated heterocycles. The van der Waals surface area contributed by atoms with Gasteiger partial charge in [-0.05, 0) is 24.8 Å². The minimum absolute atomic E-state index is 0.0258. The second kappa shape index (κ2) is 8.06. The van der Waals surface area contributed by atoms with Crippen molar-refractivity contribution in [1.82, 2.24) is 19.9 Å². The summed E-state index contributed by atoms with van der Waals surface area (Å²) >= 11 is 0. The van der Waals surface area contributed by atoms with Crippen molar-refractivity contribution in [3.63, 3.8) is 0 Å². The Morgan fingerprint density at radius 2 is 2.12 bits per heavy atom. The van der Waals surface area contributed by atoms with Gasteiger partial charge in [-0.3, -0.25) is 19.1 Å². The van der Waals surface area contributed by atoms with Gasteiger partial charge in [0.25, 0.3) is 11.5 Å². The molecule has 3 N–H and O–H groups in total. The summed E-state index contributed by atoms with van der Waals surface area (Å²) in [5, 5.41) is 11.6. The molecule has 0 radical (unpaired) electrons. The van der Waals surface area contributed by atoms with Crippen LogP contribution in [-0.4, -0.2) is 38.7 Å². The molecule has 0 aliphatic rings. The second-order valence-corrected chi connectivity index (χ2v) is 6.19. The summed E-state index contributed by atoms with van der Waals surface area (Å²) in [6.45, 7) is 6.42. The second-order valence-electron chi connectivity index (χ2n) is 6.19. The van der Waals surface area contributed by atoms with E-state index < -0.39 is 17.2 Å². The van der Waals surface area contributed by atoms with E-state index in [2.05, 4.69) is 15.3 Å². The third kappa shape index (κ3) is 3.96. The zero-order valence-electron chi connectivity index (χ0n) is 14.8. The zero-order chi connectivity index (χ0) is 18.6. The fourth-order valence-corrected chi connectivity index (χ4v) is 2.58. The number of aromatic nitrogens is 3. The van der Waals surface area contributed by atoms with Crippen LogP contribution < -0.4 is 16.6 Å². The molecular formula is C17H24N4O4. The first-order valence-electron chi connectivity index (χ1n) is 8.47. The van der Waals surface area contributed by atoms with E-state index in [9.17, 15) is 14.4 Å². The molecule has 2 aromatic heterocycles. The molecule has 0 unspecified atom stereocenters. The fourth-order valence-electron chi connectivity index (χ4n) is 2.58. The molecule has 2 rings (SSSR count). The monoisotopic (exact) mass is 348 g/mol. The molecule has 8 nitrogen and oxygen atoms in total. The van der Waals surface area contributed by atoms with Crippen LogP contribution in [0.25, 0.3) is 11.0 Å². The Bertz CT molecular complexity index is 883. The van der Waals surface area contributed by atoms with Crippen molar-refractivity contribution in [1.29, 1.82) is 0 Å². The maximum atomic E-state index is 12.6. The standard InChI is InChI=1S/C17H24N4O4/c1-4-7-21-14-13(16(24)20-17(21)25)11(9-12(19-14)10(2)3)15(23)18-6-5-8-22/h9-10,22H,4-8H2,1-3H3,(H,18,23)(H,20,24,25). The van der Waals surface area contributed by atoms with Gasteiger partial charge in [0.1, 0.15) is 0 Å². The molecule has 0 aromatic carbocycles. The van der Waals surface area contributed by atoms with E-state index in [0.29, 0.717) is 31.6 Å². The number of fused-ring (bicyclic) bond motifs is 1. The number of aliphatic hydroxyl groups excluding tert-OH is 1. The fraction of sp³-hybridized carbons (Fsp3) is 0.529. The molecule has 2 heterocycles. The van der Waals surface area contributed by atoms with Gasteiger partial charge >= 0.3 is 5.69 Å². The third-order valence-corrected chi connectivity index (χ3v) is 3.87. The van der Waals surface area contributed by atoms with E-state index in [4.69, 9.17) is 5.11 Å². The number of carbonyl (C=O) groups is 1. The van der Waals surface area contributed by atoms with E-state index in [1.54, 1.807) is 6.07 Å². The van der Waals surface area contributed by atoms with E-state index in [1.165, 1.54) is 4.57 Å². The van der Waals surface area contributed by atoms with Gasteiger partial charge in [-0.2, -0.15) is 0 Å². The van der Waals surface area contributed by atoms with Crippen LogP contribution in [0.15, 0.2) is 15.7 Å². The number of aryl methyl sites for hydroxylation is 1. The molecule has 0 bridgehead atoms. The summed E-state index contributed by atoms with van der Waals surface area (Å²) in [5.74, 6) is -0.396. The Morgan fingerprint density at radius 1 is 1.40 bits per heavy atom. The number of aromatic amines is 1. The molecule has 0 fully saturated rings. The van der Waals surface area contributed by atoms with Crippen molar-refractivity contribution in [2.45, 2.75) is 46.1 Å². The van der Waals surface area contributed by atoms with Gasteiger partial charge in [-0.1, -0.05) is 20.8 Å².